The van der Waals surface area contributed by atoms with Crippen LogP contribution in [0.15, 0.2) is 18.2 Å². The second-order valence-electron chi connectivity index (χ2n) is 4.58. The molecule has 0 fully saturated rings. The van der Waals surface area contributed by atoms with E-state index >= 15 is 0 Å². The summed E-state index contributed by atoms with van der Waals surface area (Å²) in [6, 6.07) is 6.35. The summed E-state index contributed by atoms with van der Waals surface area (Å²) in [5.74, 6) is 1.02. The van der Waals surface area contributed by atoms with Crippen LogP contribution in [0.4, 0.5) is 0 Å². The van der Waals surface area contributed by atoms with Gasteiger partial charge >= 0.3 is 0 Å². The molecule has 1 aliphatic rings. The quantitative estimate of drug-likeness (QED) is 0.679. The number of aryl methyl sites for hydroxylation is 1. The highest BCUT2D eigenvalue weighted by Crippen LogP contribution is 2.26. The first-order valence-electron chi connectivity index (χ1n) is 5.06. The minimum Gasteiger partial charge on any atom is -0.486 e. The van der Waals surface area contributed by atoms with E-state index in [2.05, 4.69) is 44.3 Å². The molecular formula is C12H17NO. The maximum Gasteiger partial charge on any atom is 0.124 e. The van der Waals surface area contributed by atoms with Gasteiger partial charge in [-0.1, -0.05) is 17.7 Å². The number of ether oxygens (including phenoxy) is 1. The Morgan fingerprint density at radius 2 is 2.14 bits per heavy atom. The minimum absolute atomic E-state index is 0.111. The third-order valence-corrected chi connectivity index (χ3v) is 2.47. The topological polar surface area (TPSA) is 21.3 Å². The molecule has 0 aliphatic carbocycles. The third-order valence-electron chi connectivity index (χ3n) is 2.47. The number of hydrogen-bond donors (Lipinski definition) is 1. The zero-order chi connectivity index (χ0) is 10.2. The molecular weight excluding hydrogens is 174 g/mol. The summed E-state index contributed by atoms with van der Waals surface area (Å²) in [6.45, 7) is 8.11. The molecule has 0 unspecified atom stereocenters. The molecule has 0 radical (unpaired) electrons. The lowest BCUT2D eigenvalue weighted by Gasteiger charge is -2.24. The van der Waals surface area contributed by atoms with E-state index in [1.807, 2.05) is 0 Å². The van der Waals surface area contributed by atoms with Gasteiger partial charge in [-0.05, 0) is 26.8 Å². The molecule has 1 heterocycles. The molecule has 0 bridgehead atoms. The summed E-state index contributed by atoms with van der Waals surface area (Å²) in [6.07, 6.45) is 0. The molecule has 1 aromatic rings. The Labute approximate surface area is 85.3 Å². The van der Waals surface area contributed by atoms with Crippen molar-refractivity contribution in [1.82, 2.24) is 5.32 Å². The second-order valence-corrected chi connectivity index (χ2v) is 4.58. The van der Waals surface area contributed by atoms with Gasteiger partial charge in [0.1, 0.15) is 11.4 Å². The van der Waals surface area contributed by atoms with Gasteiger partial charge in [-0.15, -0.1) is 0 Å². The van der Waals surface area contributed by atoms with Crippen LogP contribution in [-0.4, -0.2) is 12.1 Å². The highest BCUT2D eigenvalue weighted by molar-refractivity contribution is 5.37. The summed E-state index contributed by atoms with van der Waals surface area (Å²) in [4.78, 5) is 0. The smallest absolute Gasteiger partial charge is 0.124 e. The largest absolute Gasteiger partial charge is 0.486 e. The molecule has 0 saturated carbocycles. The van der Waals surface area contributed by atoms with Gasteiger partial charge in [0.2, 0.25) is 0 Å². The van der Waals surface area contributed by atoms with Crippen LogP contribution in [0.2, 0.25) is 0 Å². The Hall–Kier alpha value is -1.02. The first-order valence-corrected chi connectivity index (χ1v) is 5.06. The van der Waals surface area contributed by atoms with Crippen LogP contribution < -0.4 is 10.1 Å². The van der Waals surface area contributed by atoms with Crippen molar-refractivity contribution in [2.24, 2.45) is 0 Å². The van der Waals surface area contributed by atoms with Crippen LogP contribution in [0.5, 0.6) is 5.75 Å². The fourth-order valence-corrected chi connectivity index (χ4v) is 1.78. The number of hydrogen-bond acceptors (Lipinski definition) is 2. The minimum atomic E-state index is -0.111. The Kier molecular flexibility index (Phi) is 2.23. The molecule has 76 valence electrons. The molecule has 0 amide bonds. The highest BCUT2D eigenvalue weighted by Gasteiger charge is 2.23. The Morgan fingerprint density at radius 1 is 1.36 bits per heavy atom. The van der Waals surface area contributed by atoms with Crippen molar-refractivity contribution < 1.29 is 4.74 Å². The van der Waals surface area contributed by atoms with E-state index < -0.39 is 0 Å². The van der Waals surface area contributed by atoms with Crippen LogP contribution in [0.25, 0.3) is 0 Å². The van der Waals surface area contributed by atoms with Crippen LogP contribution in [0.3, 0.4) is 0 Å². The van der Waals surface area contributed by atoms with E-state index in [1.165, 1.54) is 11.1 Å². The molecule has 14 heavy (non-hydrogen) atoms. The van der Waals surface area contributed by atoms with Gasteiger partial charge in [0.25, 0.3) is 0 Å². The van der Waals surface area contributed by atoms with Crippen molar-refractivity contribution in [2.75, 3.05) is 6.54 Å². The van der Waals surface area contributed by atoms with Crippen molar-refractivity contribution >= 4 is 0 Å². The van der Waals surface area contributed by atoms with E-state index in [1.54, 1.807) is 0 Å². The summed E-state index contributed by atoms with van der Waals surface area (Å²) in [5.41, 5.74) is 2.44. The Balaban J connectivity index is 2.37. The Morgan fingerprint density at radius 3 is 2.93 bits per heavy atom. The summed E-state index contributed by atoms with van der Waals surface area (Å²) in [7, 11) is 0. The average molecular weight is 191 g/mol. The van der Waals surface area contributed by atoms with E-state index in [4.69, 9.17) is 4.74 Å². The van der Waals surface area contributed by atoms with Crippen LogP contribution >= 0.6 is 0 Å². The standard InChI is InChI=1S/C12H17NO/c1-9-4-5-11-10(6-9)7-13-8-12(2,3)14-11/h4-6,13H,7-8H2,1-3H3. The van der Waals surface area contributed by atoms with E-state index in [0.29, 0.717) is 0 Å². The fourth-order valence-electron chi connectivity index (χ4n) is 1.78. The van der Waals surface area contributed by atoms with Crippen molar-refractivity contribution in [3.8, 4) is 5.75 Å². The SMILES string of the molecule is Cc1ccc2c(c1)CNCC(C)(C)O2. The first-order chi connectivity index (χ1) is 6.57. The molecule has 1 N–H and O–H groups in total. The lowest BCUT2D eigenvalue weighted by Crippen LogP contribution is -2.37. The summed E-state index contributed by atoms with van der Waals surface area (Å²) < 4.78 is 5.94. The molecule has 2 nitrogen and oxygen atoms in total. The van der Waals surface area contributed by atoms with Gasteiger partial charge in [0.05, 0.1) is 0 Å². The number of rotatable bonds is 0. The number of fused-ring (bicyclic) bond motifs is 1. The molecule has 0 aromatic heterocycles. The Bertz CT molecular complexity index is 344. The fraction of sp³-hybridized carbons (Fsp3) is 0.500. The van der Waals surface area contributed by atoms with Gasteiger partial charge < -0.3 is 10.1 Å². The molecule has 0 atom stereocenters. The van der Waals surface area contributed by atoms with Crippen molar-refractivity contribution in [3.05, 3.63) is 29.3 Å². The predicted octanol–water partition coefficient (Wildman–Crippen LogP) is 2.26. The predicted molar refractivity (Wildman–Crippen MR) is 57.6 cm³/mol. The molecule has 1 aliphatic heterocycles. The van der Waals surface area contributed by atoms with Gasteiger partial charge in [-0.2, -0.15) is 0 Å². The maximum atomic E-state index is 5.94. The molecule has 1 aromatic carbocycles. The lowest BCUT2D eigenvalue weighted by atomic mass is 10.1. The van der Waals surface area contributed by atoms with Gasteiger partial charge in [0.15, 0.2) is 0 Å². The number of nitrogens with one attached hydrogen (secondary N) is 1. The molecule has 0 saturated heterocycles. The molecule has 2 heteroatoms. The van der Waals surface area contributed by atoms with Gasteiger partial charge in [0, 0.05) is 18.7 Å². The van der Waals surface area contributed by atoms with Crippen molar-refractivity contribution in [3.63, 3.8) is 0 Å². The van der Waals surface area contributed by atoms with Crippen LogP contribution in [0.1, 0.15) is 25.0 Å². The van der Waals surface area contributed by atoms with Crippen molar-refractivity contribution in [1.29, 1.82) is 0 Å². The monoisotopic (exact) mass is 191 g/mol. The maximum absolute atomic E-state index is 5.94. The first kappa shape index (κ1) is 9.53. The van der Waals surface area contributed by atoms with Gasteiger partial charge in [-0.3, -0.25) is 0 Å². The van der Waals surface area contributed by atoms with Crippen LogP contribution in [-0.2, 0) is 6.54 Å². The third kappa shape index (κ3) is 1.90. The highest BCUT2D eigenvalue weighted by atomic mass is 16.5. The van der Waals surface area contributed by atoms with E-state index in [-0.39, 0.29) is 5.60 Å². The molecule has 0 spiro atoms. The normalized spacial score (nSPS) is 19.4. The van der Waals surface area contributed by atoms with Crippen LogP contribution in [0, 0.1) is 6.92 Å². The number of benzene rings is 1. The van der Waals surface area contributed by atoms with Crippen molar-refractivity contribution in [2.45, 2.75) is 32.9 Å². The van der Waals surface area contributed by atoms with Gasteiger partial charge in [-0.25, -0.2) is 0 Å². The second kappa shape index (κ2) is 3.28. The molecule has 2 rings (SSSR count). The summed E-state index contributed by atoms with van der Waals surface area (Å²) in [5, 5.41) is 3.40. The lowest BCUT2D eigenvalue weighted by molar-refractivity contribution is 0.115. The summed E-state index contributed by atoms with van der Waals surface area (Å²) >= 11 is 0. The van der Waals surface area contributed by atoms with E-state index in [9.17, 15) is 0 Å². The van der Waals surface area contributed by atoms with E-state index in [0.717, 1.165) is 18.8 Å². The zero-order valence-electron chi connectivity index (χ0n) is 9.05. The zero-order valence-corrected chi connectivity index (χ0v) is 9.05. The average Bonchev–Trinajstić information content (AvgIpc) is 2.22.